The van der Waals surface area contributed by atoms with E-state index < -0.39 is 24.1 Å². The molecule has 2 aromatic carbocycles. The Hall–Kier alpha value is -2.91. The number of alkyl halides is 2. The average Bonchev–Trinajstić information content (AvgIpc) is 3.41. The molecule has 0 radical (unpaired) electrons. The molecule has 154 valence electrons. The number of thiazole rings is 1. The van der Waals surface area contributed by atoms with Crippen molar-refractivity contribution in [3.05, 3.63) is 59.5 Å². The Balaban J connectivity index is 1.47. The second-order valence-electron chi connectivity index (χ2n) is 7.46. The molecule has 4 aromatic rings. The zero-order valence-electron chi connectivity index (χ0n) is 15.6. The minimum atomic E-state index is -2.38. The highest BCUT2D eigenvalue weighted by Gasteiger charge is 2.31. The van der Waals surface area contributed by atoms with E-state index >= 15 is 0 Å². The standard InChI is InChI=1S/C21H17F3N4OS/c22-14-5-10(15-6-12(8-26-15)19(23)24)1-3-13(14)16-9-28-17-4-2-11(20(25)29)7-18(17)30-21(28)27-16/h1-5,7,9,12,15,19,26H,6,8H2,(H2,25,29). The Morgan fingerprint density at radius 2 is 2.10 bits per heavy atom. The van der Waals surface area contributed by atoms with Crippen molar-refractivity contribution in [1.29, 1.82) is 0 Å². The number of benzene rings is 2. The van der Waals surface area contributed by atoms with Crippen molar-refractivity contribution in [2.45, 2.75) is 18.9 Å². The molecule has 0 bridgehead atoms. The lowest BCUT2D eigenvalue weighted by molar-refractivity contribution is 0.0858. The molecule has 2 aromatic heterocycles. The fourth-order valence-corrected chi connectivity index (χ4v) is 5.00. The third kappa shape index (κ3) is 3.14. The summed E-state index contributed by atoms with van der Waals surface area (Å²) in [6.45, 7) is 0.230. The molecule has 5 rings (SSSR count). The van der Waals surface area contributed by atoms with E-state index in [9.17, 15) is 18.0 Å². The Kier molecular flexibility index (Phi) is 4.52. The summed E-state index contributed by atoms with van der Waals surface area (Å²) in [7, 11) is 0. The molecule has 9 heteroatoms. The van der Waals surface area contributed by atoms with E-state index in [4.69, 9.17) is 5.73 Å². The zero-order valence-corrected chi connectivity index (χ0v) is 16.4. The van der Waals surface area contributed by atoms with Crippen molar-refractivity contribution < 1.29 is 18.0 Å². The number of imidazole rings is 1. The summed E-state index contributed by atoms with van der Waals surface area (Å²) in [6.07, 6.45) is -0.341. The molecule has 2 unspecified atom stereocenters. The number of primary amides is 1. The number of aromatic nitrogens is 2. The summed E-state index contributed by atoms with van der Waals surface area (Å²) in [5, 5.41) is 3.04. The van der Waals surface area contributed by atoms with Crippen LogP contribution in [0.2, 0.25) is 0 Å². The second-order valence-corrected chi connectivity index (χ2v) is 8.47. The second kappa shape index (κ2) is 7.10. The maximum Gasteiger partial charge on any atom is 0.248 e. The van der Waals surface area contributed by atoms with E-state index in [0.29, 0.717) is 27.3 Å². The van der Waals surface area contributed by atoms with Crippen LogP contribution in [0.25, 0.3) is 26.4 Å². The molecule has 1 amide bonds. The number of carbonyl (C=O) groups is 1. The highest BCUT2D eigenvalue weighted by atomic mass is 32.1. The molecule has 1 aliphatic heterocycles. The summed E-state index contributed by atoms with van der Waals surface area (Å²) in [5.74, 6) is -1.65. The van der Waals surface area contributed by atoms with Crippen LogP contribution in [0.1, 0.15) is 28.4 Å². The molecule has 1 aliphatic rings. The molecule has 3 heterocycles. The molecule has 0 saturated carbocycles. The van der Waals surface area contributed by atoms with E-state index in [-0.39, 0.29) is 19.0 Å². The summed E-state index contributed by atoms with van der Waals surface area (Å²) < 4.78 is 43.3. The van der Waals surface area contributed by atoms with Gasteiger partial charge >= 0.3 is 0 Å². The van der Waals surface area contributed by atoms with Crippen molar-refractivity contribution in [2.75, 3.05) is 6.54 Å². The molecule has 5 nitrogen and oxygen atoms in total. The van der Waals surface area contributed by atoms with Gasteiger partial charge in [0.25, 0.3) is 0 Å². The van der Waals surface area contributed by atoms with Crippen molar-refractivity contribution >= 4 is 32.4 Å². The third-order valence-electron chi connectivity index (χ3n) is 5.57. The molecule has 0 aliphatic carbocycles. The molecular formula is C21H17F3N4OS. The fraction of sp³-hybridized carbons (Fsp3) is 0.238. The Bertz CT molecular complexity index is 1280. The van der Waals surface area contributed by atoms with Crippen LogP contribution in [0.15, 0.2) is 42.6 Å². The van der Waals surface area contributed by atoms with Crippen molar-refractivity contribution in [3.63, 3.8) is 0 Å². The minimum Gasteiger partial charge on any atom is -0.366 e. The van der Waals surface area contributed by atoms with Gasteiger partial charge in [0.1, 0.15) is 5.82 Å². The van der Waals surface area contributed by atoms with Crippen LogP contribution in [0, 0.1) is 11.7 Å². The van der Waals surface area contributed by atoms with Crippen LogP contribution in [0.5, 0.6) is 0 Å². The summed E-state index contributed by atoms with van der Waals surface area (Å²) in [4.78, 5) is 16.6. The lowest BCUT2D eigenvalue weighted by Crippen LogP contribution is -2.16. The fourth-order valence-electron chi connectivity index (χ4n) is 3.95. The van der Waals surface area contributed by atoms with Gasteiger partial charge in [0, 0.05) is 35.8 Å². The number of nitrogens with zero attached hydrogens (tertiary/aromatic N) is 2. The van der Waals surface area contributed by atoms with Gasteiger partial charge in [-0.3, -0.25) is 9.20 Å². The van der Waals surface area contributed by atoms with Gasteiger partial charge in [0.2, 0.25) is 12.3 Å². The van der Waals surface area contributed by atoms with Crippen LogP contribution in [0.3, 0.4) is 0 Å². The number of nitrogens with one attached hydrogen (secondary N) is 1. The molecule has 30 heavy (non-hydrogen) atoms. The number of halogens is 3. The predicted octanol–water partition coefficient (Wildman–Crippen LogP) is 4.37. The van der Waals surface area contributed by atoms with Gasteiger partial charge in [-0.1, -0.05) is 17.4 Å². The predicted molar refractivity (Wildman–Crippen MR) is 109 cm³/mol. The SMILES string of the molecule is NC(=O)c1ccc2c(c1)sc1nc(-c3ccc(C4CC(C(F)F)CN4)cc3F)cn12. The van der Waals surface area contributed by atoms with E-state index in [1.54, 1.807) is 36.5 Å². The Labute approximate surface area is 173 Å². The number of hydrogen-bond donors (Lipinski definition) is 2. The van der Waals surface area contributed by atoms with Gasteiger partial charge < -0.3 is 11.1 Å². The quantitative estimate of drug-likeness (QED) is 0.505. The van der Waals surface area contributed by atoms with Gasteiger partial charge in [0.05, 0.1) is 15.9 Å². The van der Waals surface area contributed by atoms with Gasteiger partial charge in [-0.05, 0) is 42.3 Å². The molecular weight excluding hydrogens is 413 g/mol. The molecule has 1 saturated heterocycles. The van der Waals surface area contributed by atoms with Crippen molar-refractivity contribution in [2.24, 2.45) is 11.7 Å². The lowest BCUT2D eigenvalue weighted by atomic mass is 9.98. The van der Waals surface area contributed by atoms with Gasteiger partial charge in [-0.2, -0.15) is 0 Å². The highest BCUT2D eigenvalue weighted by Crippen LogP contribution is 2.34. The average molecular weight is 430 g/mol. The summed E-state index contributed by atoms with van der Waals surface area (Å²) in [5.41, 5.74) is 8.09. The minimum absolute atomic E-state index is 0.230. The van der Waals surface area contributed by atoms with E-state index in [1.165, 1.54) is 17.4 Å². The first-order valence-corrected chi connectivity index (χ1v) is 10.2. The highest BCUT2D eigenvalue weighted by molar-refractivity contribution is 7.23. The van der Waals surface area contributed by atoms with E-state index in [2.05, 4.69) is 10.3 Å². The first kappa shape index (κ1) is 19.1. The summed E-state index contributed by atoms with van der Waals surface area (Å²) >= 11 is 1.38. The van der Waals surface area contributed by atoms with Gasteiger partial charge in [0.15, 0.2) is 4.96 Å². The van der Waals surface area contributed by atoms with Gasteiger partial charge in [-0.15, -0.1) is 0 Å². The number of carbonyl (C=O) groups excluding carboxylic acids is 1. The smallest absolute Gasteiger partial charge is 0.248 e. The number of fused-ring (bicyclic) bond motifs is 3. The Morgan fingerprint density at radius 1 is 1.27 bits per heavy atom. The largest absolute Gasteiger partial charge is 0.366 e. The summed E-state index contributed by atoms with van der Waals surface area (Å²) in [6, 6.07) is 9.67. The molecule has 3 N–H and O–H groups in total. The maximum atomic E-state index is 14.9. The van der Waals surface area contributed by atoms with Gasteiger partial charge in [-0.25, -0.2) is 18.2 Å². The third-order valence-corrected chi connectivity index (χ3v) is 6.59. The van der Waals surface area contributed by atoms with Crippen LogP contribution < -0.4 is 11.1 Å². The number of rotatable bonds is 4. The van der Waals surface area contributed by atoms with Crippen LogP contribution >= 0.6 is 11.3 Å². The Morgan fingerprint density at radius 3 is 2.80 bits per heavy atom. The first-order valence-electron chi connectivity index (χ1n) is 9.43. The van der Waals surface area contributed by atoms with Crippen molar-refractivity contribution in [3.8, 4) is 11.3 Å². The zero-order chi connectivity index (χ0) is 21.0. The van der Waals surface area contributed by atoms with Crippen LogP contribution in [-0.4, -0.2) is 28.3 Å². The molecule has 1 fully saturated rings. The lowest BCUT2D eigenvalue weighted by Gasteiger charge is -2.12. The molecule has 0 spiro atoms. The molecule has 2 atom stereocenters. The number of hydrogen-bond acceptors (Lipinski definition) is 4. The maximum absolute atomic E-state index is 14.9. The van der Waals surface area contributed by atoms with E-state index in [0.717, 1.165) is 10.2 Å². The normalized spacial score (nSPS) is 19.3. The van der Waals surface area contributed by atoms with Crippen LogP contribution in [0.4, 0.5) is 13.2 Å². The van der Waals surface area contributed by atoms with Crippen LogP contribution in [-0.2, 0) is 0 Å². The first-order chi connectivity index (χ1) is 14.4. The van der Waals surface area contributed by atoms with E-state index in [1.807, 2.05) is 4.40 Å². The number of amides is 1. The monoisotopic (exact) mass is 430 g/mol. The topological polar surface area (TPSA) is 72.4 Å². The number of nitrogens with two attached hydrogens (primary N) is 1. The van der Waals surface area contributed by atoms with Crippen molar-refractivity contribution in [1.82, 2.24) is 14.7 Å².